The minimum absolute atomic E-state index is 0.0915. The zero-order valence-corrected chi connectivity index (χ0v) is 12.7. The summed E-state index contributed by atoms with van der Waals surface area (Å²) < 4.78 is 5.29. The second-order valence-electron chi connectivity index (χ2n) is 4.88. The molecule has 7 heteroatoms. The van der Waals surface area contributed by atoms with Crippen LogP contribution in [0.2, 0.25) is 0 Å². The van der Waals surface area contributed by atoms with E-state index in [1.54, 1.807) is 7.11 Å². The van der Waals surface area contributed by atoms with Gasteiger partial charge in [-0.1, -0.05) is 6.07 Å². The normalized spacial score (nSPS) is 13.6. The first-order valence-electron chi connectivity index (χ1n) is 6.52. The molecule has 1 aliphatic carbocycles. The van der Waals surface area contributed by atoms with Crippen LogP contribution in [0.5, 0.6) is 5.75 Å². The van der Waals surface area contributed by atoms with Crippen molar-refractivity contribution in [1.29, 1.82) is 0 Å². The van der Waals surface area contributed by atoms with E-state index in [4.69, 9.17) is 34.2 Å². The van der Waals surface area contributed by atoms with E-state index in [0.29, 0.717) is 22.8 Å². The molecule has 0 radical (unpaired) electrons. The SMILES string of the molecule is COc1cc2c(cc1N)-c1ccc(N)cc1C2=NNC(N)=S. The van der Waals surface area contributed by atoms with Crippen LogP contribution in [0.4, 0.5) is 11.4 Å². The smallest absolute Gasteiger partial charge is 0.184 e. The maximum Gasteiger partial charge on any atom is 0.184 e. The van der Waals surface area contributed by atoms with Gasteiger partial charge >= 0.3 is 0 Å². The average Bonchev–Trinajstić information content (AvgIpc) is 2.76. The summed E-state index contributed by atoms with van der Waals surface area (Å²) in [5, 5.41) is 4.39. The largest absolute Gasteiger partial charge is 0.495 e. The topological polar surface area (TPSA) is 112 Å². The van der Waals surface area contributed by atoms with Gasteiger partial charge in [-0.05, 0) is 47.6 Å². The fraction of sp³-hybridized carbons (Fsp3) is 0.0667. The molecule has 0 spiro atoms. The van der Waals surface area contributed by atoms with Gasteiger partial charge in [0.25, 0.3) is 0 Å². The number of ether oxygens (including phenoxy) is 1. The van der Waals surface area contributed by atoms with Crippen LogP contribution in [0, 0.1) is 0 Å². The number of thiocarbonyl (C=S) groups is 1. The molecule has 2 aromatic carbocycles. The number of hydrazone groups is 1. The Hall–Kier alpha value is -2.80. The number of nitrogens with one attached hydrogen (secondary N) is 1. The lowest BCUT2D eigenvalue weighted by Gasteiger charge is -2.08. The molecule has 0 aromatic heterocycles. The van der Waals surface area contributed by atoms with Crippen LogP contribution in [0.3, 0.4) is 0 Å². The summed E-state index contributed by atoms with van der Waals surface area (Å²) in [7, 11) is 1.57. The molecule has 0 amide bonds. The molecule has 0 saturated carbocycles. The number of nitrogens with zero attached hydrogens (tertiary/aromatic N) is 1. The van der Waals surface area contributed by atoms with Crippen molar-refractivity contribution in [3.63, 3.8) is 0 Å². The highest BCUT2D eigenvalue weighted by Gasteiger charge is 2.27. The third-order valence-corrected chi connectivity index (χ3v) is 3.58. The number of methoxy groups -OCH3 is 1. The molecule has 0 unspecified atom stereocenters. The number of nitrogen functional groups attached to an aromatic ring is 2. The van der Waals surface area contributed by atoms with E-state index in [1.807, 2.05) is 30.3 Å². The van der Waals surface area contributed by atoms with Crippen molar-refractivity contribution in [1.82, 2.24) is 5.43 Å². The fourth-order valence-electron chi connectivity index (χ4n) is 2.56. The van der Waals surface area contributed by atoms with E-state index in [-0.39, 0.29) is 5.11 Å². The summed E-state index contributed by atoms with van der Waals surface area (Å²) in [6, 6.07) is 9.36. The van der Waals surface area contributed by atoms with Gasteiger partial charge in [0.05, 0.1) is 18.5 Å². The lowest BCUT2D eigenvalue weighted by molar-refractivity contribution is 0.417. The number of rotatable bonds is 2. The van der Waals surface area contributed by atoms with Crippen molar-refractivity contribution >= 4 is 34.4 Å². The summed E-state index contributed by atoms with van der Waals surface area (Å²) in [4.78, 5) is 0. The standard InChI is InChI=1S/C15H15N5OS/c1-21-13-6-11-9(5-12(13)17)8-3-2-7(16)4-10(8)14(11)19-20-15(18)22/h2-6H,16-17H2,1H3,(H3,18,20,22). The van der Waals surface area contributed by atoms with Crippen LogP contribution in [0.25, 0.3) is 11.1 Å². The van der Waals surface area contributed by atoms with Crippen molar-refractivity contribution in [3.8, 4) is 16.9 Å². The minimum Gasteiger partial charge on any atom is -0.495 e. The Labute approximate surface area is 132 Å². The van der Waals surface area contributed by atoms with Gasteiger partial charge < -0.3 is 21.9 Å². The van der Waals surface area contributed by atoms with Gasteiger partial charge in [-0.2, -0.15) is 5.10 Å². The second-order valence-corrected chi connectivity index (χ2v) is 5.32. The van der Waals surface area contributed by atoms with Crippen LogP contribution in [-0.4, -0.2) is 17.9 Å². The van der Waals surface area contributed by atoms with Crippen molar-refractivity contribution in [2.45, 2.75) is 0 Å². The molecule has 6 nitrogen and oxygen atoms in total. The summed E-state index contributed by atoms with van der Waals surface area (Å²) in [6.07, 6.45) is 0. The molecule has 1 aliphatic rings. The summed E-state index contributed by atoms with van der Waals surface area (Å²) in [6.45, 7) is 0. The van der Waals surface area contributed by atoms with Crippen molar-refractivity contribution in [2.75, 3.05) is 18.6 Å². The van der Waals surface area contributed by atoms with E-state index in [1.165, 1.54) is 0 Å². The van der Waals surface area contributed by atoms with E-state index < -0.39 is 0 Å². The molecule has 7 N–H and O–H groups in total. The Morgan fingerprint density at radius 2 is 1.82 bits per heavy atom. The fourth-order valence-corrected chi connectivity index (χ4v) is 2.61. The Morgan fingerprint density at radius 1 is 1.09 bits per heavy atom. The van der Waals surface area contributed by atoms with Crippen molar-refractivity contribution < 1.29 is 4.74 Å². The van der Waals surface area contributed by atoms with Crippen LogP contribution in [-0.2, 0) is 0 Å². The Balaban J connectivity index is 2.26. The molecular formula is C15H15N5OS. The van der Waals surface area contributed by atoms with Crippen molar-refractivity contribution in [3.05, 3.63) is 41.5 Å². The molecule has 0 atom stereocenters. The molecule has 3 rings (SSSR count). The number of anilines is 2. The molecule has 2 aromatic rings. The molecular weight excluding hydrogens is 298 g/mol. The first-order valence-corrected chi connectivity index (χ1v) is 6.93. The van der Waals surface area contributed by atoms with E-state index in [2.05, 4.69) is 10.5 Å². The van der Waals surface area contributed by atoms with Crippen LogP contribution < -0.4 is 27.4 Å². The van der Waals surface area contributed by atoms with Crippen LogP contribution >= 0.6 is 12.2 Å². The second kappa shape index (κ2) is 5.19. The van der Waals surface area contributed by atoms with E-state index >= 15 is 0 Å². The van der Waals surface area contributed by atoms with Crippen LogP contribution in [0.15, 0.2) is 35.4 Å². The number of benzene rings is 2. The summed E-state index contributed by atoms with van der Waals surface area (Å²) in [5.74, 6) is 0.586. The predicted molar refractivity (Wildman–Crippen MR) is 92.8 cm³/mol. The number of fused-ring (bicyclic) bond motifs is 3. The van der Waals surface area contributed by atoms with Gasteiger partial charge in [-0.3, -0.25) is 5.43 Å². The average molecular weight is 313 g/mol. The maximum atomic E-state index is 6.01. The van der Waals surface area contributed by atoms with Gasteiger partial charge in [-0.15, -0.1) is 0 Å². The predicted octanol–water partition coefficient (Wildman–Crippen LogP) is 1.43. The zero-order chi connectivity index (χ0) is 15.9. The summed E-state index contributed by atoms with van der Waals surface area (Å²) >= 11 is 4.81. The Morgan fingerprint density at radius 3 is 2.50 bits per heavy atom. The lowest BCUT2D eigenvalue weighted by Crippen LogP contribution is -2.25. The minimum atomic E-state index is 0.0915. The highest BCUT2D eigenvalue weighted by Crippen LogP contribution is 2.41. The third kappa shape index (κ3) is 2.21. The molecule has 0 saturated heterocycles. The molecule has 22 heavy (non-hydrogen) atoms. The zero-order valence-electron chi connectivity index (χ0n) is 11.9. The summed E-state index contributed by atoms with van der Waals surface area (Å²) in [5.41, 5.74) is 25.7. The van der Waals surface area contributed by atoms with E-state index in [0.717, 1.165) is 22.3 Å². The molecule has 0 bridgehead atoms. The monoisotopic (exact) mass is 313 g/mol. The Kier molecular flexibility index (Phi) is 3.34. The highest BCUT2D eigenvalue weighted by molar-refractivity contribution is 7.80. The molecule has 0 aliphatic heterocycles. The van der Waals surface area contributed by atoms with Gasteiger partial charge in [0.1, 0.15) is 5.75 Å². The quantitative estimate of drug-likeness (QED) is 0.323. The van der Waals surface area contributed by atoms with Crippen molar-refractivity contribution in [2.24, 2.45) is 10.8 Å². The van der Waals surface area contributed by atoms with Gasteiger partial charge in [-0.25, -0.2) is 0 Å². The molecule has 0 heterocycles. The third-order valence-electron chi connectivity index (χ3n) is 3.49. The first kappa shape index (κ1) is 14.2. The van der Waals surface area contributed by atoms with Gasteiger partial charge in [0, 0.05) is 16.8 Å². The lowest BCUT2D eigenvalue weighted by atomic mass is 10.0. The highest BCUT2D eigenvalue weighted by atomic mass is 32.1. The maximum absolute atomic E-state index is 6.01. The van der Waals surface area contributed by atoms with Gasteiger partial charge in [0.2, 0.25) is 0 Å². The number of hydrogen-bond acceptors (Lipinski definition) is 5. The van der Waals surface area contributed by atoms with E-state index in [9.17, 15) is 0 Å². The molecule has 0 fully saturated rings. The number of nitrogens with two attached hydrogens (primary N) is 3. The van der Waals surface area contributed by atoms with Crippen LogP contribution in [0.1, 0.15) is 11.1 Å². The number of hydrogen-bond donors (Lipinski definition) is 4. The Bertz CT molecular complexity index is 816. The first-order chi connectivity index (χ1) is 10.5. The van der Waals surface area contributed by atoms with Gasteiger partial charge in [0.15, 0.2) is 5.11 Å². The molecule has 112 valence electrons.